The van der Waals surface area contributed by atoms with E-state index in [1.165, 1.54) is 0 Å². The van der Waals surface area contributed by atoms with Crippen molar-refractivity contribution in [1.82, 2.24) is 0 Å². The van der Waals surface area contributed by atoms with Crippen LogP contribution in [-0.4, -0.2) is 5.84 Å². The number of hydrogen-bond acceptors (Lipinski definition) is 3. The third-order valence-electron chi connectivity index (χ3n) is 2.73. The van der Waals surface area contributed by atoms with Gasteiger partial charge in [0.2, 0.25) is 0 Å². The van der Waals surface area contributed by atoms with Gasteiger partial charge in [0, 0.05) is 22.8 Å². The van der Waals surface area contributed by atoms with Gasteiger partial charge >= 0.3 is 0 Å². The molecule has 0 saturated heterocycles. The third-order valence-corrected chi connectivity index (χ3v) is 2.98. The molecule has 0 bridgehead atoms. The fraction of sp³-hybridized carbons (Fsp3) is 0.0714. The lowest BCUT2D eigenvalue weighted by molar-refractivity contribution is 1.07. The van der Waals surface area contributed by atoms with Gasteiger partial charge in [0.05, 0.1) is 0 Å². The second kappa shape index (κ2) is 6.68. The lowest BCUT2D eigenvalue weighted by atomic mass is 10.2. The standard InChI is InChI=1S/C14H14ClN5/c15-12-5-1-10(2-6-12)9-18-13-7-3-11(4-8-13)14(16)19-20-17/h1-8,18H,9H2,(H3,16,17,19). The van der Waals surface area contributed by atoms with Gasteiger partial charge in [-0.25, -0.2) is 0 Å². The summed E-state index contributed by atoms with van der Waals surface area (Å²) < 4.78 is 0. The number of halogens is 1. The van der Waals surface area contributed by atoms with Crippen LogP contribution in [0.25, 0.3) is 0 Å². The fourth-order valence-electron chi connectivity index (χ4n) is 1.67. The highest BCUT2D eigenvalue weighted by Crippen LogP contribution is 2.14. The smallest absolute Gasteiger partial charge is 0.176 e. The molecule has 0 heterocycles. The Bertz CT molecular complexity index is 604. The Balaban J connectivity index is 1.97. The molecule has 0 aliphatic rings. The average molecular weight is 288 g/mol. The molecular formula is C14H14ClN5. The van der Waals surface area contributed by atoms with Gasteiger partial charge in [-0.05, 0) is 42.0 Å². The minimum absolute atomic E-state index is 0.0387. The molecule has 0 radical (unpaired) electrons. The van der Waals surface area contributed by atoms with Crippen molar-refractivity contribution in [3.8, 4) is 0 Å². The highest BCUT2D eigenvalue weighted by atomic mass is 35.5. The fourth-order valence-corrected chi connectivity index (χ4v) is 1.79. The van der Waals surface area contributed by atoms with Gasteiger partial charge in [-0.1, -0.05) is 29.0 Å². The first kappa shape index (κ1) is 14.0. The summed E-state index contributed by atoms with van der Waals surface area (Å²) in [4.78, 5) is 0. The highest BCUT2D eigenvalue weighted by Gasteiger charge is 2.00. The van der Waals surface area contributed by atoms with E-state index in [0.717, 1.165) is 16.3 Å². The first-order valence-corrected chi connectivity index (χ1v) is 6.35. The second-order valence-corrected chi connectivity index (χ2v) is 4.56. The molecule has 0 unspecified atom stereocenters. The van der Waals surface area contributed by atoms with E-state index in [1.807, 2.05) is 36.4 Å². The van der Waals surface area contributed by atoms with Crippen LogP contribution in [0.4, 0.5) is 5.69 Å². The molecule has 0 amide bonds. The Labute approximate surface area is 122 Å². The van der Waals surface area contributed by atoms with Crippen LogP contribution in [0.3, 0.4) is 0 Å². The van der Waals surface area contributed by atoms with Crippen molar-refractivity contribution < 1.29 is 0 Å². The predicted octanol–water partition coefficient (Wildman–Crippen LogP) is 3.60. The maximum atomic E-state index is 7.58. The van der Waals surface area contributed by atoms with E-state index in [2.05, 4.69) is 15.7 Å². The molecule has 2 aromatic rings. The van der Waals surface area contributed by atoms with Gasteiger partial charge in [-0.2, -0.15) is 0 Å². The summed E-state index contributed by atoms with van der Waals surface area (Å²) in [5, 5.41) is 18.2. The number of hydrogen-bond donors (Lipinski definition) is 3. The predicted molar refractivity (Wildman–Crippen MR) is 81.1 cm³/mol. The van der Waals surface area contributed by atoms with E-state index >= 15 is 0 Å². The topological polar surface area (TPSA) is 86.6 Å². The van der Waals surface area contributed by atoms with Gasteiger partial charge in [0.15, 0.2) is 5.84 Å². The van der Waals surface area contributed by atoms with Crippen LogP contribution < -0.4 is 11.2 Å². The molecular weight excluding hydrogens is 274 g/mol. The zero-order chi connectivity index (χ0) is 14.4. The van der Waals surface area contributed by atoms with Gasteiger partial charge < -0.3 is 11.2 Å². The molecule has 0 fully saturated rings. The Kier molecular flexibility index (Phi) is 4.68. The van der Waals surface area contributed by atoms with Crippen molar-refractivity contribution >= 4 is 23.1 Å². The van der Waals surface area contributed by atoms with E-state index in [4.69, 9.17) is 22.9 Å². The van der Waals surface area contributed by atoms with Crippen LogP contribution in [0, 0.1) is 5.41 Å². The van der Waals surface area contributed by atoms with Crippen LogP contribution in [0.15, 0.2) is 58.9 Å². The quantitative estimate of drug-likeness (QED) is 0.264. The number of amidine groups is 1. The van der Waals surface area contributed by atoms with Gasteiger partial charge in [0.25, 0.3) is 0 Å². The summed E-state index contributed by atoms with van der Waals surface area (Å²) in [6.07, 6.45) is 0. The molecule has 20 heavy (non-hydrogen) atoms. The Morgan fingerprint density at radius 3 is 2.35 bits per heavy atom. The summed E-state index contributed by atoms with van der Waals surface area (Å²) in [6.45, 7) is 0.705. The second-order valence-electron chi connectivity index (χ2n) is 4.12. The Hall–Kier alpha value is -2.40. The van der Waals surface area contributed by atoms with Gasteiger partial charge in [-0.15, -0.1) is 5.11 Å². The number of benzene rings is 2. The van der Waals surface area contributed by atoms with Crippen LogP contribution >= 0.6 is 11.6 Å². The molecule has 5 nitrogen and oxygen atoms in total. The van der Waals surface area contributed by atoms with Crippen molar-refractivity contribution in [2.45, 2.75) is 6.54 Å². The molecule has 6 heteroatoms. The summed E-state index contributed by atoms with van der Waals surface area (Å²) in [7, 11) is 0. The van der Waals surface area contributed by atoms with E-state index in [1.54, 1.807) is 12.1 Å². The maximum Gasteiger partial charge on any atom is 0.176 e. The van der Waals surface area contributed by atoms with Gasteiger partial charge in [0.1, 0.15) is 0 Å². The average Bonchev–Trinajstić information content (AvgIpc) is 2.47. The molecule has 0 aromatic heterocycles. The first-order valence-electron chi connectivity index (χ1n) is 5.97. The van der Waals surface area contributed by atoms with Crippen LogP contribution in [0.2, 0.25) is 5.02 Å². The number of nitrogens with zero attached hydrogens (tertiary/aromatic N) is 2. The lowest BCUT2D eigenvalue weighted by Gasteiger charge is -2.07. The van der Waals surface area contributed by atoms with E-state index in [9.17, 15) is 0 Å². The molecule has 4 N–H and O–H groups in total. The SMILES string of the molecule is N=C(N=NN)c1ccc(NCc2ccc(Cl)cc2)cc1. The zero-order valence-corrected chi connectivity index (χ0v) is 11.4. The highest BCUT2D eigenvalue weighted by molar-refractivity contribution is 6.30. The number of rotatable bonds is 4. The minimum Gasteiger partial charge on any atom is -0.381 e. The summed E-state index contributed by atoms with van der Waals surface area (Å²) in [5.41, 5.74) is 2.76. The Morgan fingerprint density at radius 1 is 1.10 bits per heavy atom. The number of nitrogens with one attached hydrogen (secondary N) is 2. The van der Waals surface area contributed by atoms with E-state index in [0.29, 0.717) is 12.1 Å². The third kappa shape index (κ3) is 3.80. The molecule has 0 atom stereocenters. The van der Waals surface area contributed by atoms with Crippen LogP contribution in [0.1, 0.15) is 11.1 Å². The summed E-state index contributed by atoms with van der Waals surface area (Å²) in [6, 6.07) is 15.0. The minimum atomic E-state index is 0.0387. The summed E-state index contributed by atoms with van der Waals surface area (Å²) in [5.74, 6) is 4.95. The molecule has 2 rings (SSSR count). The molecule has 0 spiro atoms. The molecule has 0 aliphatic heterocycles. The van der Waals surface area contributed by atoms with Crippen molar-refractivity contribution in [2.75, 3.05) is 5.32 Å². The number of nitrogens with two attached hydrogens (primary N) is 1. The van der Waals surface area contributed by atoms with Crippen LogP contribution in [-0.2, 0) is 6.54 Å². The Morgan fingerprint density at radius 2 is 1.75 bits per heavy atom. The summed E-state index contributed by atoms with van der Waals surface area (Å²) >= 11 is 5.84. The molecule has 0 saturated carbocycles. The molecule has 0 aliphatic carbocycles. The van der Waals surface area contributed by atoms with Crippen molar-refractivity contribution in [3.63, 3.8) is 0 Å². The van der Waals surface area contributed by atoms with E-state index in [-0.39, 0.29) is 5.84 Å². The monoisotopic (exact) mass is 287 g/mol. The van der Waals surface area contributed by atoms with E-state index < -0.39 is 0 Å². The van der Waals surface area contributed by atoms with Crippen molar-refractivity contribution in [3.05, 3.63) is 64.7 Å². The van der Waals surface area contributed by atoms with Crippen molar-refractivity contribution in [1.29, 1.82) is 5.41 Å². The molecule has 2 aromatic carbocycles. The first-order chi connectivity index (χ1) is 9.69. The van der Waals surface area contributed by atoms with Crippen molar-refractivity contribution in [2.24, 2.45) is 16.2 Å². The maximum absolute atomic E-state index is 7.58. The normalized spacial score (nSPS) is 10.7. The van der Waals surface area contributed by atoms with Gasteiger partial charge in [-0.3, -0.25) is 5.41 Å². The zero-order valence-electron chi connectivity index (χ0n) is 10.7. The lowest BCUT2D eigenvalue weighted by Crippen LogP contribution is -2.00. The molecule has 102 valence electrons. The number of anilines is 1. The van der Waals surface area contributed by atoms with Crippen LogP contribution in [0.5, 0.6) is 0 Å². The largest absolute Gasteiger partial charge is 0.381 e.